The van der Waals surface area contributed by atoms with E-state index < -0.39 is 5.97 Å². The summed E-state index contributed by atoms with van der Waals surface area (Å²) >= 11 is 1.54. The number of aromatic carboxylic acids is 1. The highest BCUT2D eigenvalue weighted by Gasteiger charge is 2.15. The predicted molar refractivity (Wildman–Crippen MR) is 63.1 cm³/mol. The Hall–Kier alpha value is -1.49. The number of carboxylic acid groups (broad SMARTS) is 1. The van der Waals surface area contributed by atoms with E-state index in [1.165, 1.54) is 0 Å². The minimum Gasteiger partial charge on any atom is -0.476 e. The van der Waals surface area contributed by atoms with E-state index in [1.807, 2.05) is 19.9 Å². The van der Waals surface area contributed by atoms with Crippen molar-refractivity contribution in [3.05, 3.63) is 22.5 Å². The number of hydrogen-bond donors (Lipinski definition) is 1. The number of fused-ring (bicyclic) bond motifs is 1. The van der Waals surface area contributed by atoms with Gasteiger partial charge >= 0.3 is 5.97 Å². The van der Waals surface area contributed by atoms with Crippen molar-refractivity contribution in [2.75, 3.05) is 0 Å². The Balaban J connectivity index is 2.74. The average molecular weight is 236 g/mol. The van der Waals surface area contributed by atoms with Gasteiger partial charge in [0, 0.05) is 16.7 Å². The van der Waals surface area contributed by atoms with E-state index in [9.17, 15) is 4.79 Å². The Kier molecular flexibility index (Phi) is 2.87. The quantitative estimate of drug-likeness (QED) is 0.889. The second-order valence-electron chi connectivity index (χ2n) is 3.43. The number of nitrogens with zero attached hydrogens (tertiary/aromatic N) is 2. The molecular weight excluding hydrogens is 224 g/mol. The van der Waals surface area contributed by atoms with Gasteiger partial charge < -0.3 is 5.11 Å². The molecule has 0 fully saturated rings. The van der Waals surface area contributed by atoms with Crippen molar-refractivity contribution >= 4 is 27.5 Å². The third-order valence-corrected chi connectivity index (χ3v) is 3.53. The summed E-state index contributed by atoms with van der Waals surface area (Å²) in [6, 6.07) is 1.88. The number of rotatable bonds is 3. The van der Waals surface area contributed by atoms with E-state index in [2.05, 4.69) is 9.97 Å². The molecule has 0 saturated heterocycles. The summed E-state index contributed by atoms with van der Waals surface area (Å²) in [7, 11) is 0. The van der Waals surface area contributed by atoms with Gasteiger partial charge in [-0.25, -0.2) is 14.8 Å². The lowest BCUT2D eigenvalue weighted by Gasteiger charge is -1.99. The standard InChI is InChI=1S/C11H12N2O2S/c1-3-6-5-7-9(11(14)15)12-8(4-2)13-10(7)16-6/h5H,3-4H2,1-2H3,(H,14,15). The topological polar surface area (TPSA) is 63.1 Å². The zero-order valence-corrected chi connectivity index (χ0v) is 9.97. The van der Waals surface area contributed by atoms with Crippen molar-refractivity contribution in [1.29, 1.82) is 0 Å². The van der Waals surface area contributed by atoms with E-state index in [1.54, 1.807) is 11.3 Å². The van der Waals surface area contributed by atoms with Crippen LogP contribution < -0.4 is 0 Å². The summed E-state index contributed by atoms with van der Waals surface area (Å²) < 4.78 is 0. The van der Waals surface area contributed by atoms with Gasteiger partial charge in [0.2, 0.25) is 0 Å². The van der Waals surface area contributed by atoms with Gasteiger partial charge in [0.25, 0.3) is 0 Å². The van der Waals surface area contributed by atoms with Gasteiger partial charge in [0.05, 0.1) is 0 Å². The van der Waals surface area contributed by atoms with Crippen molar-refractivity contribution < 1.29 is 9.90 Å². The van der Waals surface area contributed by atoms with Gasteiger partial charge in [-0.1, -0.05) is 13.8 Å². The molecule has 16 heavy (non-hydrogen) atoms. The van der Waals surface area contributed by atoms with Crippen LogP contribution in [0.2, 0.25) is 0 Å². The number of thiophene rings is 1. The molecule has 0 saturated carbocycles. The van der Waals surface area contributed by atoms with Crippen LogP contribution >= 0.6 is 11.3 Å². The second kappa shape index (κ2) is 4.17. The molecule has 0 radical (unpaired) electrons. The van der Waals surface area contributed by atoms with E-state index >= 15 is 0 Å². The zero-order chi connectivity index (χ0) is 11.7. The molecule has 2 aromatic heterocycles. The Bertz CT molecular complexity index is 548. The highest BCUT2D eigenvalue weighted by atomic mass is 32.1. The van der Waals surface area contributed by atoms with Crippen molar-refractivity contribution in [3.63, 3.8) is 0 Å². The second-order valence-corrected chi connectivity index (χ2v) is 4.55. The maximum atomic E-state index is 11.1. The van der Waals surface area contributed by atoms with Crippen LogP contribution in [0.4, 0.5) is 0 Å². The zero-order valence-electron chi connectivity index (χ0n) is 9.15. The largest absolute Gasteiger partial charge is 0.476 e. The smallest absolute Gasteiger partial charge is 0.355 e. The molecule has 1 N–H and O–H groups in total. The van der Waals surface area contributed by atoms with Crippen LogP contribution in [0, 0.1) is 0 Å². The van der Waals surface area contributed by atoms with Crippen LogP contribution in [0.1, 0.15) is 35.0 Å². The lowest BCUT2D eigenvalue weighted by Crippen LogP contribution is -2.05. The first-order valence-electron chi connectivity index (χ1n) is 5.18. The number of carbonyl (C=O) groups is 1. The molecule has 84 valence electrons. The van der Waals surface area contributed by atoms with E-state index in [0.29, 0.717) is 17.6 Å². The van der Waals surface area contributed by atoms with Crippen LogP contribution in [0.5, 0.6) is 0 Å². The molecule has 2 rings (SSSR count). The molecule has 4 nitrogen and oxygen atoms in total. The van der Waals surface area contributed by atoms with Gasteiger partial charge in [-0.15, -0.1) is 11.3 Å². The Morgan fingerprint density at radius 3 is 2.69 bits per heavy atom. The van der Waals surface area contributed by atoms with Crippen molar-refractivity contribution in [1.82, 2.24) is 9.97 Å². The van der Waals surface area contributed by atoms with Crippen molar-refractivity contribution in [2.24, 2.45) is 0 Å². The summed E-state index contributed by atoms with van der Waals surface area (Å²) in [5, 5.41) is 9.76. The Labute approximate surface area is 97.0 Å². The van der Waals surface area contributed by atoms with E-state index in [0.717, 1.165) is 16.1 Å². The monoisotopic (exact) mass is 236 g/mol. The van der Waals surface area contributed by atoms with Gasteiger partial charge in [-0.2, -0.15) is 0 Å². The normalized spacial score (nSPS) is 10.9. The average Bonchev–Trinajstić information content (AvgIpc) is 2.69. The molecule has 0 aliphatic carbocycles. The first-order chi connectivity index (χ1) is 7.65. The van der Waals surface area contributed by atoms with Crippen LogP contribution in [-0.4, -0.2) is 21.0 Å². The lowest BCUT2D eigenvalue weighted by atomic mass is 10.2. The highest BCUT2D eigenvalue weighted by molar-refractivity contribution is 7.18. The molecule has 0 amide bonds. The third-order valence-electron chi connectivity index (χ3n) is 2.36. The first-order valence-corrected chi connectivity index (χ1v) is 6.00. The predicted octanol–water partition coefficient (Wildman–Crippen LogP) is 2.51. The number of hydrogen-bond acceptors (Lipinski definition) is 4. The summed E-state index contributed by atoms with van der Waals surface area (Å²) in [6.07, 6.45) is 1.54. The van der Waals surface area contributed by atoms with Crippen molar-refractivity contribution in [2.45, 2.75) is 26.7 Å². The van der Waals surface area contributed by atoms with E-state index in [4.69, 9.17) is 5.11 Å². The molecule has 0 aliphatic heterocycles. The van der Waals surface area contributed by atoms with Gasteiger partial charge in [0.1, 0.15) is 10.7 Å². The molecule has 2 heterocycles. The first kappa shape index (κ1) is 11.0. The summed E-state index contributed by atoms with van der Waals surface area (Å²) in [5.74, 6) is -0.392. The summed E-state index contributed by atoms with van der Waals surface area (Å²) in [6.45, 7) is 3.96. The maximum Gasteiger partial charge on any atom is 0.355 e. The number of aryl methyl sites for hydroxylation is 2. The summed E-state index contributed by atoms with van der Waals surface area (Å²) in [5.41, 5.74) is 0.123. The molecule has 2 aromatic rings. The Morgan fingerprint density at radius 1 is 1.38 bits per heavy atom. The van der Waals surface area contributed by atoms with Gasteiger partial charge in [-0.3, -0.25) is 0 Å². The third kappa shape index (κ3) is 1.78. The highest BCUT2D eigenvalue weighted by Crippen LogP contribution is 2.26. The minimum atomic E-state index is -0.984. The maximum absolute atomic E-state index is 11.1. The molecular formula is C11H12N2O2S. The fourth-order valence-corrected chi connectivity index (χ4v) is 2.50. The van der Waals surface area contributed by atoms with Crippen LogP contribution in [0.3, 0.4) is 0 Å². The fourth-order valence-electron chi connectivity index (χ4n) is 1.51. The number of carboxylic acids is 1. The molecule has 0 aromatic carbocycles. The number of aromatic nitrogens is 2. The Morgan fingerprint density at radius 2 is 2.12 bits per heavy atom. The fraction of sp³-hybridized carbons (Fsp3) is 0.364. The minimum absolute atomic E-state index is 0.123. The van der Waals surface area contributed by atoms with Crippen LogP contribution in [0.25, 0.3) is 10.2 Å². The summed E-state index contributed by atoms with van der Waals surface area (Å²) in [4.78, 5) is 21.4. The lowest BCUT2D eigenvalue weighted by molar-refractivity contribution is 0.0692. The van der Waals surface area contributed by atoms with Crippen molar-refractivity contribution in [3.8, 4) is 0 Å². The molecule has 0 unspecified atom stereocenters. The van der Waals surface area contributed by atoms with Crippen LogP contribution in [0.15, 0.2) is 6.07 Å². The molecule has 0 spiro atoms. The van der Waals surface area contributed by atoms with Gasteiger partial charge in [-0.05, 0) is 12.5 Å². The molecule has 5 heteroatoms. The molecule has 0 bridgehead atoms. The molecule has 0 atom stereocenters. The van der Waals surface area contributed by atoms with Gasteiger partial charge in [0.15, 0.2) is 5.69 Å². The van der Waals surface area contributed by atoms with E-state index in [-0.39, 0.29) is 5.69 Å². The molecule has 0 aliphatic rings. The van der Waals surface area contributed by atoms with Crippen LogP contribution in [-0.2, 0) is 12.8 Å². The SMILES string of the molecule is CCc1nc(C(=O)O)c2cc(CC)sc2n1.